The fourth-order valence-corrected chi connectivity index (χ4v) is 5.18. The maximum atomic E-state index is 2.40. The van der Waals surface area contributed by atoms with Gasteiger partial charge in [-0.05, 0) is 36.8 Å². The molecule has 0 heterocycles. The largest absolute Gasteiger partial charge is 0.0654 e. The Balaban J connectivity index is 1.98. The molecule has 33 heavy (non-hydrogen) atoms. The fraction of sp³-hybridized carbons (Fsp3) is 0.818. The first kappa shape index (κ1) is 30.3. The van der Waals surface area contributed by atoms with Crippen molar-refractivity contribution in [2.75, 3.05) is 0 Å². The van der Waals surface area contributed by atoms with Crippen molar-refractivity contribution in [1.29, 1.82) is 0 Å². The van der Waals surface area contributed by atoms with Gasteiger partial charge in [0.1, 0.15) is 0 Å². The van der Waals surface area contributed by atoms with Crippen LogP contribution in [-0.2, 0) is 12.8 Å². The molecule has 0 heteroatoms. The predicted octanol–water partition coefficient (Wildman–Crippen LogP) is 11.8. The summed E-state index contributed by atoms with van der Waals surface area (Å²) in [6, 6.07) is 9.29. The van der Waals surface area contributed by atoms with E-state index in [0.717, 1.165) is 0 Å². The molecule has 0 amide bonds. The van der Waals surface area contributed by atoms with Gasteiger partial charge in [0.2, 0.25) is 0 Å². The summed E-state index contributed by atoms with van der Waals surface area (Å²) in [6.45, 7) is 4.61. The molecule has 0 aliphatic carbocycles. The Bertz CT molecular complexity index is 503. The van der Waals surface area contributed by atoms with Gasteiger partial charge in [-0.15, -0.1) is 0 Å². The summed E-state index contributed by atoms with van der Waals surface area (Å²) < 4.78 is 0. The highest BCUT2D eigenvalue weighted by atomic mass is 14.1. The van der Waals surface area contributed by atoms with Gasteiger partial charge in [0, 0.05) is 0 Å². The summed E-state index contributed by atoms with van der Waals surface area (Å²) in [4.78, 5) is 0. The van der Waals surface area contributed by atoms with Crippen LogP contribution in [0.3, 0.4) is 0 Å². The van der Waals surface area contributed by atoms with E-state index in [1.54, 1.807) is 11.1 Å². The molecule has 0 unspecified atom stereocenters. The predicted molar refractivity (Wildman–Crippen MR) is 151 cm³/mol. The quantitative estimate of drug-likeness (QED) is 0.128. The Morgan fingerprint density at radius 2 is 0.576 bits per heavy atom. The van der Waals surface area contributed by atoms with E-state index in [1.807, 2.05) is 0 Å². The summed E-state index contributed by atoms with van der Waals surface area (Å²) in [5, 5.41) is 0. The molecular weight excluding hydrogens is 396 g/mol. The van der Waals surface area contributed by atoms with E-state index >= 15 is 0 Å². The first-order valence-corrected chi connectivity index (χ1v) is 15.4. The highest BCUT2D eigenvalue weighted by molar-refractivity contribution is 5.27. The number of benzene rings is 1. The second kappa shape index (κ2) is 24.3. The van der Waals surface area contributed by atoms with Crippen LogP contribution in [0, 0.1) is 0 Å². The normalized spacial score (nSPS) is 11.3. The molecule has 0 spiro atoms. The molecule has 0 fully saturated rings. The Morgan fingerprint density at radius 1 is 0.333 bits per heavy atom. The highest BCUT2D eigenvalue weighted by Crippen LogP contribution is 2.18. The van der Waals surface area contributed by atoms with Gasteiger partial charge in [0.25, 0.3) is 0 Å². The van der Waals surface area contributed by atoms with E-state index in [0.29, 0.717) is 0 Å². The smallest absolute Gasteiger partial charge is 0.0276 e. The SMILES string of the molecule is CCCCCCCCCCCCCCc1ccccc1CCCCCCCCCCCCC. The zero-order chi connectivity index (χ0) is 23.7. The van der Waals surface area contributed by atoms with Crippen molar-refractivity contribution in [2.45, 2.75) is 174 Å². The molecule has 1 aromatic carbocycles. The Labute approximate surface area is 209 Å². The Hall–Kier alpha value is -0.780. The minimum atomic E-state index is 1.30. The van der Waals surface area contributed by atoms with Crippen LogP contribution in [0.1, 0.15) is 173 Å². The van der Waals surface area contributed by atoms with Gasteiger partial charge in [0.15, 0.2) is 0 Å². The van der Waals surface area contributed by atoms with E-state index < -0.39 is 0 Å². The number of unbranched alkanes of at least 4 members (excludes halogenated alkanes) is 21. The molecule has 0 atom stereocenters. The second-order valence-electron chi connectivity index (χ2n) is 10.7. The van der Waals surface area contributed by atoms with Crippen molar-refractivity contribution < 1.29 is 0 Å². The summed E-state index contributed by atoms with van der Waals surface area (Å²) in [6.07, 6.45) is 35.7. The van der Waals surface area contributed by atoms with E-state index in [2.05, 4.69) is 38.1 Å². The van der Waals surface area contributed by atoms with Crippen molar-refractivity contribution in [3.8, 4) is 0 Å². The summed E-state index contributed by atoms with van der Waals surface area (Å²) in [5.74, 6) is 0. The van der Waals surface area contributed by atoms with E-state index in [1.165, 1.54) is 161 Å². The van der Waals surface area contributed by atoms with Crippen LogP contribution in [0.15, 0.2) is 24.3 Å². The lowest BCUT2D eigenvalue weighted by Crippen LogP contribution is -1.95. The molecular formula is C33H60. The Kier molecular flexibility index (Phi) is 22.3. The molecule has 0 nitrogen and oxygen atoms in total. The van der Waals surface area contributed by atoms with Crippen LogP contribution < -0.4 is 0 Å². The average molecular weight is 457 g/mol. The molecule has 0 saturated carbocycles. The third-order valence-corrected chi connectivity index (χ3v) is 7.47. The van der Waals surface area contributed by atoms with Gasteiger partial charge in [-0.3, -0.25) is 0 Å². The lowest BCUT2D eigenvalue weighted by molar-refractivity contribution is 0.543. The molecule has 1 rings (SSSR count). The van der Waals surface area contributed by atoms with Crippen molar-refractivity contribution in [3.63, 3.8) is 0 Å². The van der Waals surface area contributed by atoms with Gasteiger partial charge in [0.05, 0.1) is 0 Å². The Morgan fingerprint density at radius 3 is 0.848 bits per heavy atom. The molecule has 0 aliphatic rings. The third-order valence-electron chi connectivity index (χ3n) is 7.47. The van der Waals surface area contributed by atoms with Crippen molar-refractivity contribution in [1.82, 2.24) is 0 Å². The van der Waals surface area contributed by atoms with E-state index in [9.17, 15) is 0 Å². The van der Waals surface area contributed by atoms with Gasteiger partial charge in [-0.25, -0.2) is 0 Å². The van der Waals surface area contributed by atoms with Crippen molar-refractivity contribution in [3.05, 3.63) is 35.4 Å². The molecule has 192 valence electrons. The first-order valence-electron chi connectivity index (χ1n) is 15.4. The monoisotopic (exact) mass is 456 g/mol. The molecule has 1 aromatic rings. The fourth-order valence-electron chi connectivity index (χ4n) is 5.18. The average Bonchev–Trinajstić information content (AvgIpc) is 2.84. The van der Waals surface area contributed by atoms with Gasteiger partial charge in [-0.2, -0.15) is 0 Å². The van der Waals surface area contributed by atoms with Crippen LogP contribution >= 0.6 is 0 Å². The van der Waals surface area contributed by atoms with E-state index in [-0.39, 0.29) is 0 Å². The molecule has 0 radical (unpaired) electrons. The summed E-state index contributed by atoms with van der Waals surface area (Å²) >= 11 is 0. The first-order chi connectivity index (χ1) is 16.4. The maximum absolute atomic E-state index is 2.40. The number of aryl methyl sites for hydroxylation is 2. The molecule has 0 bridgehead atoms. The highest BCUT2D eigenvalue weighted by Gasteiger charge is 2.02. The van der Waals surface area contributed by atoms with Crippen LogP contribution in [-0.4, -0.2) is 0 Å². The topological polar surface area (TPSA) is 0 Å². The lowest BCUT2D eigenvalue weighted by Gasteiger charge is -2.10. The third kappa shape index (κ3) is 19.2. The van der Waals surface area contributed by atoms with Gasteiger partial charge >= 0.3 is 0 Å². The van der Waals surface area contributed by atoms with Crippen LogP contribution in [0.25, 0.3) is 0 Å². The maximum Gasteiger partial charge on any atom is -0.0276 e. The van der Waals surface area contributed by atoms with Crippen LogP contribution in [0.4, 0.5) is 0 Å². The summed E-state index contributed by atoms with van der Waals surface area (Å²) in [7, 11) is 0. The standard InChI is InChI=1S/C33H60/c1-3-5-7-9-11-13-15-17-19-21-23-25-29-33-31-27-26-30-32(33)28-24-22-20-18-16-14-12-10-8-6-4-2/h26-27,30-31H,3-25,28-29H2,1-2H3. The van der Waals surface area contributed by atoms with Crippen LogP contribution in [0.2, 0.25) is 0 Å². The zero-order valence-electron chi connectivity index (χ0n) is 23.0. The van der Waals surface area contributed by atoms with Gasteiger partial charge < -0.3 is 0 Å². The molecule has 0 aromatic heterocycles. The number of hydrogen-bond donors (Lipinski definition) is 0. The minimum Gasteiger partial charge on any atom is -0.0654 e. The summed E-state index contributed by atoms with van der Waals surface area (Å²) in [5.41, 5.74) is 3.27. The van der Waals surface area contributed by atoms with Crippen molar-refractivity contribution in [2.24, 2.45) is 0 Å². The zero-order valence-corrected chi connectivity index (χ0v) is 23.0. The van der Waals surface area contributed by atoms with Crippen molar-refractivity contribution >= 4 is 0 Å². The van der Waals surface area contributed by atoms with E-state index in [4.69, 9.17) is 0 Å². The second-order valence-corrected chi connectivity index (χ2v) is 10.7. The number of hydrogen-bond acceptors (Lipinski definition) is 0. The van der Waals surface area contributed by atoms with Gasteiger partial charge in [-0.1, -0.05) is 173 Å². The minimum absolute atomic E-state index is 1.30. The molecule has 0 aliphatic heterocycles. The molecule has 0 N–H and O–H groups in total. The number of rotatable bonds is 25. The van der Waals surface area contributed by atoms with Crippen LogP contribution in [0.5, 0.6) is 0 Å². The lowest BCUT2D eigenvalue weighted by atomic mass is 9.96. The molecule has 0 saturated heterocycles.